The van der Waals surface area contributed by atoms with Gasteiger partial charge in [-0.15, -0.1) is 0 Å². The van der Waals surface area contributed by atoms with Crippen molar-refractivity contribution in [3.63, 3.8) is 0 Å². The van der Waals surface area contributed by atoms with Crippen LogP contribution >= 0.6 is 0 Å². The summed E-state index contributed by atoms with van der Waals surface area (Å²) in [6.07, 6.45) is 4.75. The van der Waals surface area contributed by atoms with Gasteiger partial charge in [-0.1, -0.05) is 18.2 Å². The molecule has 0 bridgehead atoms. The Balaban J connectivity index is 1.80. The molecule has 0 aliphatic carbocycles. The molecule has 0 aliphatic rings. The molecule has 0 unspecified atom stereocenters. The van der Waals surface area contributed by atoms with Gasteiger partial charge in [0, 0.05) is 17.1 Å². The summed E-state index contributed by atoms with van der Waals surface area (Å²) in [7, 11) is 0. The molecule has 0 atom stereocenters. The molecular weight excluding hydrogens is 302 g/mol. The normalized spacial score (nSPS) is 11.3. The molecular formula is C18H19N5O. The molecule has 0 saturated heterocycles. The second kappa shape index (κ2) is 6.23. The van der Waals surface area contributed by atoms with Gasteiger partial charge in [0.05, 0.1) is 23.6 Å². The summed E-state index contributed by atoms with van der Waals surface area (Å²) in [4.78, 5) is 24.9. The van der Waals surface area contributed by atoms with Gasteiger partial charge in [0.15, 0.2) is 0 Å². The first kappa shape index (κ1) is 15.9. The Kier molecular flexibility index (Phi) is 4.12. The Labute approximate surface area is 140 Å². The number of fused-ring (bicyclic) bond motifs is 1. The highest BCUT2D eigenvalue weighted by Gasteiger charge is 2.16. The van der Waals surface area contributed by atoms with Gasteiger partial charge in [-0.3, -0.25) is 9.78 Å². The lowest BCUT2D eigenvalue weighted by Crippen LogP contribution is -2.40. The van der Waals surface area contributed by atoms with Crippen molar-refractivity contribution in [3.05, 3.63) is 54.6 Å². The number of carbonyl (C=O) groups excluding carboxylic acids is 1. The average Bonchev–Trinajstić information content (AvgIpc) is 2.54. The van der Waals surface area contributed by atoms with Gasteiger partial charge in [0.1, 0.15) is 11.5 Å². The summed E-state index contributed by atoms with van der Waals surface area (Å²) in [5, 5.41) is 7.09. The molecule has 24 heavy (non-hydrogen) atoms. The third-order valence-corrected chi connectivity index (χ3v) is 3.27. The molecule has 0 radical (unpaired) electrons. The summed E-state index contributed by atoms with van der Waals surface area (Å²) in [5.74, 6) is 0.314. The van der Waals surface area contributed by atoms with E-state index in [1.54, 1.807) is 12.4 Å². The number of para-hydroxylation sites is 1. The molecule has 122 valence electrons. The maximum atomic E-state index is 12.1. The van der Waals surface area contributed by atoms with Crippen LogP contribution in [-0.4, -0.2) is 26.4 Å². The van der Waals surface area contributed by atoms with Crippen LogP contribution in [0.15, 0.2) is 48.9 Å². The Morgan fingerprint density at radius 3 is 2.50 bits per heavy atom. The van der Waals surface area contributed by atoms with Crippen molar-refractivity contribution in [2.75, 3.05) is 5.32 Å². The molecule has 2 heterocycles. The number of hydrogen-bond acceptors (Lipinski definition) is 5. The number of anilines is 2. The van der Waals surface area contributed by atoms with Crippen LogP contribution in [0.5, 0.6) is 0 Å². The zero-order valence-electron chi connectivity index (χ0n) is 13.9. The van der Waals surface area contributed by atoms with Crippen molar-refractivity contribution in [2.45, 2.75) is 26.3 Å². The molecule has 0 spiro atoms. The minimum atomic E-state index is -0.315. The predicted molar refractivity (Wildman–Crippen MR) is 94.3 cm³/mol. The zero-order chi connectivity index (χ0) is 17.2. The number of aromatic nitrogens is 3. The highest BCUT2D eigenvalue weighted by Crippen LogP contribution is 2.23. The van der Waals surface area contributed by atoms with Crippen LogP contribution in [0.4, 0.5) is 11.5 Å². The lowest BCUT2D eigenvalue weighted by atomic mass is 10.1. The van der Waals surface area contributed by atoms with E-state index in [0.717, 1.165) is 16.6 Å². The van der Waals surface area contributed by atoms with E-state index in [-0.39, 0.29) is 17.1 Å². The molecule has 2 N–H and O–H groups in total. The SMILES string of the molecule is CC(C)(C)NC(=O)c1cnc(Nc2cccc3cccnc23)cn1. The van der Waals surface area contributed by atoms with Crippen LogP contribution in [0.3, 0.4) is 0 Å². The molecule has 0 saturated carbocycles. The number of nitrogens with zero attached hydrogens (tertiary/aromatic N) is 3. The van der Waals surface area contributed by atoms with Gasteiger partial charge in [0.2, 0.25) is 0 Å². The molecule has 0 aliphatic heterocycles. The Bertz CT molecular complexity index is 863. The minimum absolute atomic E-state index is 0.242. The smallest absolute Gasteiger partial charge is 0.271 e. The Hall–Kier alpha value is -3.02. The van der Waals surface area contributed by atoms with Crippen molar-refractivity contribution < 1.29 is 4.79 Å². The van der Waals surface area contributed by atoms with E-state index in [2.05, 4.69) is 25.6 Å². The number of hydrogen-bond donors (Lipinski definition) is 2. The van der Waals surface area contributed by atoms with E-state index in [9.17, 15) is 4.79 Å². The highest BCUT2D eigenvalue weighted by molar-refractivity contribution is 5.93. The molecule has 2 aromatic heterocycles. The maximum Gasteiger partial charge on any atom is 0.271 e. The van der Waals surface area contributed by atoms with Crippen molar-refractivity contribution in [2.24, 2.45) is 0 Å². The van der Waals surface area contributed by atoms with Gasteiger partial charge >= 0.3 is 0 Å². The summed E-state index contributed by atoms with van der Waals surface area (Å²) >= 11 is 0. The van der Waals surface area contributed by atoms with Crippen molar-refractivity contribution in [1.82, 2.24) is 20.3 Å². The van der Waals surface area contributed by atoms with Crippen molar-refractivity contribution in [1.29, 1.82) is 0 Å². The van der Waals surface area contributed by atoms with Gasteiger partial charge in [0.25, 0.3) is 5.91 Å². The van der Waals surface area contributed by atoms with E-state index in [1.165, 1.54) is 6.20 Å². The van der Waals surface area contributed by atoms with Crippen molar-refractivity contribution >= 4 is 28.3 Å². The molecule has 6 heteroatoms. The van der Waals surface area contributed by atoms with Crippen LogP contribution in [0.1, 0.15) is 31.3 Å². The van der Waals surface area contributed by atoms with Gasteiger partial charge < -0.3 is 10.6 Å². The van der Waals surface area contributed by atoms with Crippen molar-refractivity contribution in [3.8, 4) is 0 Å². The van der Waals surface area contributed by atoms with E-state index in [1.807, 2.05) is 51.1 Å². The Morgan fingerprint density at radius 1 is 1.00 bits per heavy atom. The fourth-order valence-corrected chi connectivity index (χ4v) is 2.26. The third kappa shape index (κ3) is 3.65. The topological polar surface area (TPSA) is 79.8 Å². The maximum absolute atomic E-state index is 12.1. The second-order valence-corrected chi connectivity index (χ2v) is 6.50. The minimum Gasteiger partial charge on any atom is -0.346 e. The molecule has 1 aromatic carbocycles. The summed E-state index contributed by atoms with van der Waals surface area (Å²) < 4.78 is 0. The number of rotatable bonds is 3. The van der Waals surface area contributed by atoms with Crippen LogP contribution in [0, 0.1) is 0 Å². The zero-order valence-corrected chi connectivity index (χ0v) is 13.9. The van der Waals surface area contributed by atoms with Crippen LogP contribution in [-0.2, 0) is 0 Å². The molecule has 6 nitrogen and oxygen atoms in total. The first-order valence-electron chi connectivity index (χ1n) is 7.68. The van der Waals surface area contributed by atoms with Gasteiger partial charge in [-0.05, 0) is 32.9 Å². The van der Waals surface area contributed by atoms with E-state index in [4.69, 9.17) is 0 Å². The van der Waals surface area contributed by atoms with Gasteiger partial charge in [-0.25, -0.2) is 9.97 Å². The summed E-state index contributed by atoms with van der Waals surface area (Å²) in [6.45, 7) is 5.76. The number of pyridine rings is 1. The summed E-state index contributed by atoms with van der Waals surface area (Å²) in [6, 6.07) is 9.77. The number of benzene rings is 1. The van der Waals surface area contributed by atoms with Crippen LogP contribution < -0.4 is 10.6 Å². The standard InChI is InChI=1S/C18H19N5O/c1-18(2,3)23-17(24)14-10-21-15(11-20-14)22-13-8-4-6-12-7-5-9-19-16(12)13/h4-11H,1-3H3,(H,21,22)(H,23,24). The first-order chi connectivity index (χ1) is 11.4. The van der Waals surface area contributed by atoms with Crippen LogP contribution in [0.2, 0.25) is 0 Å². The lowest BCUT2D eigenvalue weighted by Gasteiger charge is -2.19. The summed E-state index contributed by atoms with van der Waals surface area (Å²) in [5.41, 5.74) is 1.67. The third-order valence-electron chi connectivity index (χ3n) is 3.27. The molecule has 1 amide bonds. The molecule has 3 aromatic rings. The lowest BCUT2D eigenvalue weighted by molar-refractivity contribution is 0.0914. The monoisotopic (exact) mass is 321 g/mol. The van der Waals surface area contributed by atoms with E-state index < -0.39 is 0 Å². The fourth-order valence-electron chi connectivity index (χ4n) is 2.26. The Morgan fingerprint density at radius 2 is 1.79 bits per heavy atom. The van der Waals surface area contributed by atoms with Crippen LogP contribution in [0.25, 0.3) is 10.9 Å². The largest absolute Gasteiger partial charge is 0.346 e. The molecule has 0 fully saturated rings. The highest BCUT2D eigenvalue weighted by atomic mass is 16.2. The predicted octanol–water partition coefficient (Wildman–Crippen LogP) is 3.30. The average molecular weight is 321 g/mol. The van der Waals surface area contributed by atoms with Gasteiger partial charge in [-0.2, -0.15) is 0 Å². The fraction of sp³-hybridized carbons (Fsp3) is 0.222. The first-order valence-corrected chi connectivity index (χ1v) is 7.68. The number of nitrogens with one attached hydrogen (secondary N) is 2. The molecule has 3 rings (SSSR count). The van der Waals surface area contributed by atoms with E-state index >= 15 is 0 Å². The quantitative estimate of drug-likeness (QED) is 0.774. The number of amides is 1. The second-order valence-electron chi connectivity index (χ2n) is 6.50. The number of carbonyl (C=O) groups is 1. The van der Waals surface area contributed by atoms with E-state index in [0.29, 0.717) is 5.82 Å².